The summed E-state index contributed by atoms with van der Waals surface area (Å²) in [6.45, 7) is 1.72. The lowest BCUT2D eigenvalue weighted by Gasteiger charge is -2.52. The van der Waals surface area contributed by atoms with Crippen molar-refractivity contribution in [2.75, 3.05) is 36.2 Å². The first-order valence-electron chi connectivity index (χ1n) is 10.3. The van der Waals surface area contributed by atoms with Crippen molar-refractivity contribution < 1.29 is 9.32 Å². The molecule has 2 saturated heterocycles. The number of nitrogens with one attached hydrogen (secondary N) is 1. The normalized spacial score (nSPS) is 27.7. The number of hydrogen-bond acceptors (Lipinski definition) is 8. The molecule has 160 valence electrons. The summed E-state index contributed by atoms with van der Waals surface area (Å²) in [7, 11) is -1.21. The van der Waals surface area contributed by atoms with Gasteiger partial charge in [0.25, 0.3) is 0 Å². The minimum Gasteiger partial charge on any atom is -0.394 e. The van der Waals surface area contributed by atoms with E-state index in [1.54, 1.807) is 24.8 Å². The highest BCUT2D eigenvalue weighted by atomic mass is 35.5. The molecular formula is C20H25ClN6O2S. The van der Waals surface area contributed by atoms with Crippen LogP contribution in [-0.4, -0.2) is 60.7 Å². The van der Waals surface area contributed by atoms with Crippen molar-refractivity contribution in [1.29, 1.82) is 0 Å². The molecule has 0 spiro atoms. The third kappa shape index (κ3) is 3.46. The fourth-order valence-corrected chi connectivity index (χ4v) is 5.63. The monoisotopic (exact) mass is 448 g/mol. The highest BCUT2D eigenvalue weighted by Crippen LogP contribution is 2.51. The topological polar surface area (TPSA) is 104 Å². The fourth-order valence-electron chi connectivity index (χ4n) is 4.96. The number of hydrogen-bond donors (Lipinski definition) is 2. The van der Waals surface area contributed by atoms with Crippen molar-refractivity contribution in [2.45, 2.75) is 42.0 Å². The Kier molecular flexibility index (Phi) is 5.15. The minimum atomic E-state index is -1.21. The Morgan fingerprint density at radius 2 is 1.93 bits per heavy atom. The van der Waals surface area contributed by atoms with Gasteiger partial charge in [0.2, 0.25) is 5.95 Å². The van der Waals surface area contributed by atoms with Crippen molar-refractivity contribution in [3.8, 4) is 0 Å². The van der Waals surface area contributed by atoms with Gasteiger partial charge in [-0.05, 0) is 37.5 Å². The molecule has 2 N–H and O–H groups in total. The standard InChI is InChI=1S/C20H25ClN6O2S/c1-30(29)15-8-24-19(25-17(15)26-20(11-28)3-2-4-20)27-9-12-5-13(10-27)16(12)18-22-6-14(21)7-23-18/h6-8,12-13,16,28H,2-5,9-11H2,1H3,(H,24,25,26). The average molecular weight is 449 g/mol. The maximum absolute atomic E-state index is 12.2. The molecule has 30 heavy (non-hydrogen) atoms. The first-order chi connectivity index (χ1) is 14.5. The van der Waals surface area contributed by atoms with Crippen molar-refractivity contribution in [2.24, 2.45) is 11.8 Å². The van der Waals surface area contributed by atoms with E-state index < -0.39 is 10.8 Å². The second kappa shape index (κ2) is 7.69. The maximum atomic E-state index is 12.2. The summed E-state index contributed by atoms with van der Waals surface area (Å²) >= 11 is 5.93. The number of fused-ring (bicyclic) bond motifs is 2. The molecule has 4 aliphatic rings. The van der Waals surface area contributed by atoms with Gasteiger partial charge < -0.3 is 15.3 Å². The largest absolute Gasteiger partial charge is 0.394 e. The Balaban J connectivity index is 1.36. The fraction of sp³-hybridized carbons (Fsp3) is 0.600. The van der Waals surface area contributed by atoms with Crippen LogP contribution in [0.25, 0.3) is 0 Å². The third-order valence-electron chi connectivity index (χ3n) is 6.80. The van der Waals surface area contributed by atoms with E-state index in [4.69, 9.17) is 16.6 Å². The molecule has 0 aromatic carbocycles. The van der Waals surface area contributed by atoms with Crippen LogP contribution >= 0.6 is 11.6 Å². The minimum absolute atomic E-state index is 0.0404. The molecule has 4 heterocycles. The van der Waals surface area contributed by atoms with Gasteiger partial charge in [-0.25, -0.2) is 15.0 Å². The van der Waals surface area contributed by atoms with Gasteiger partial charge in [0.15, 0.2) is 0 Å². The lowest BCUT2D eigenvalue weighted by Crippen LogP contribution is -2.55. The zero-order valence-electron chi connectivity index (χ0n) is 16.8. The second-order valence-electron chi connectivity index (χ2n) is 8.70. The van der Waals surface area contributed by atoms with Gasteiger partial charge in [-0.3, -0.25) is 4.21 Å². The van der Waals surface area contributed by atoms with Gasteiger partial charge >= 0.3 is 0 Å². The Labute approximate surface area is 183 Å². The number of aliphatic hydroxyl groups is 1. The van der Waals surface area contributed by atoms with Crippen LogP contribution in [0.3, 0.4) is 0 Å². The molecule has 0 radical (unpaired) electrons. The van der Waals surface area contributed by atoms with Crippen molar-refractivity contribution in [1.82, 2.24) is 19.9 Å². The maximum Gasteiger partial charge on any atom is 0.227 e. The Morgan fingerprint density at radius 3 is 2.50 bits per heavy atom. The van der Waals surface area contributed by atoms with Crippen LogP contribution in [0.15, 0.2) is 23.5 Å². The zero-order valence-corrected chi connectivity index (χ0v) is 18.4. The molecule has 2 aliphatic carbocycles. The third-order valence-corrected chi connectivity index (χ3v) is 7.91. The zero-order chi connectivity index (χ0) is 20.9. The molecule has 3 unspecified atom stereocenters. The lowest BCUT2D eigenvalue weighted by molar-refractivity contribution is 0.104. The van der Waals surface area contributed by atoms with Crippen LogP contribution in [0.1, 0.15) is 37.4 Å². The highest BCUT2D eigenvalue weighted by molar-refractivity contribution is 7.84. The van der Waals surface area contributed by atoms with Crippen LogP contribution in [0, 0.1) is 11.8 Å². The van der Waals surface area contributed by atoms with Crippen LogP contribution in [-0.2, 0) is 10.8 Å². The van der Waals surface area contributed by atoms with Crippen molar-refractivity contribution in [3.63, 3.8) is 0 Å². The summed E-state index contributed by atoms with van der Waals surface area (Å²) < 4.78 is 12.2. The SMILES string of the molecule is CS(=O)c1cnc(N2CC3CC(C2)C3c2ncc(Cl)cn2)nc1NC1(CO)CCC1. The number of nitrogens with zero attached hydrogens (tertiary/aromatic N) is 5. The number of aliphatic hydroxyl groups excluding tert-OH is 1. The molecule has 8 nitrogen and oxygen atoms in total. The van der Waals surface area contributed by atoms with Gasteiger partial charge in [0.05, 0.1) is 39.1 Å². The molecule has 2 aliphatic heterocycles. The van der Waals surface area contributed by atoms with Gasteiger partial charge in [0.1, 0.15) is 11.6 Å². The molecule has 2 aromatic rings. The van der Waals surface area contributed by atoms with E-state index in [1.807, 2.05) is 0 Å². The highest BCUT2D eigenvalue weighted by Gasteiger charge is 2.49. The van der Waals surface area contributed by atoms with E-state index in [-0.39, 0.29) is 12.1 Å². The number of aromatic nitrogens is 4. The van der Waals surface area contributed by atoms with E-state index >= 15 is 0 Å². The Morgan fingerprint density at radius 1 is 1.23 bits per heavy atom. The predicted molar refractivity (Wildman–Crippen MR) is 115 cm³/mol. The molecule has 2 bridgehead atoms. The van der Waals surface area contributed by atoms with Crippen LogP contribution in [0.4, 0.5) is 11.8 Å². The summed E-state index contributed by atoms with van der Waals surface area (Å²) in [5.41, 5.74) is -0.360. The number of anilines is 2. The molecule has 4 fully saturated rings. The average Bonchev–Trinajstić information content (AvgIpc) is 2.72. The van der Waals surface area contributed by atoms with Crippen LogP contribution in [0.5, 0.6) is 0 Å². The Bertz CT molecular complexity index is 953. The molecule has 3 atom stereocenters. The molecule has 2 aromatic heterocycles. The summed E-state index contributed by atoms with van der Waals surface area (Å²) in [5, 5.41) is 13.8. The number of rotatable bonds is 6. The first-order valence-corrected chi connectivity index (χ1v) is 12.2. The van der Waals surface area contributed by atoms with E-state index in [0.29, 0.717) is 39.4 Å². The quantitative estimate of drug-likeness (QED) is 0.693. The van der Waals surface area contributed by atoms with Crippen molar-refractivity contribution in [3.05, 3.63) is 29.4 Å². The first kappa shape index (κ1) is 20.1. The predicted octanol–water partition coefficient (Wildman–Crippen LogP) is 2.22. The molecule has 10 heteroatoms. The van der Waals surface area contributed by atoms with Gasteiger partial charge in [0, 0.05) is 37.7 Å². The van der Waals surface area contributed by atoms with E-state index in [0.717, 1.165) is 44.6 Å². The van der Waals surface area contributed by atoms with E-state index in [1.165, 1.54) is 0 Å². The second-order valence-corrected chi connectivity index (χ2v) is 10.5. The van der Waals surface area contributed by atoms with Gasteiger partial charge in [-0.15, -0.1) is 0 Å². The number of halogens is 1. The van der Waals surface area contributed by atoms with E-state index in [9.17, 15) is 9.32 Å². The van der Waals surface area contributed by atoms with Crippen LogP contribution in [0.2, 0.25) is 5.02 Å². The summed E-state index contributed by atoms with van der Waals surface area (Å²) in [6, 6.07) is 0. The van der Waals surface area contributed by atoms with E-state index in [2.05, 4.69) is 25.2 Å². The molecule has 0 amide bonds. The van der Waals surface area contributed by atoms with Gasteiger partial charge in [-0.1, -0.05) is 11.6 Å². The lowest BCUT2D eigenvalue weighted by atomic mass is 9.61. The number of piperidine rings is 2. The summed E-state index contributed by atoms with van der Waals surface area (Å²) in [5.74, 6) is 3.36. The van der Waals surface area contributed by atoms with Crippen molar-refractivity contribution >= 4 is 34.2 Å². The molecule has 2 saturated carbocycles. The van der Waals surface area contributed by atoms with Crippen LogP contribution < -0.4 is 10.2 Å². The summed E-state index contributed by atoms with van der Waals surface area (Å²) in [6.07, 6.45) is 10.6. The smallest absolute Gasteiger partial charge is 0.227 e. The molecular weight excluding hydrogens is 424 g/mol. The Hall–Kier alpha value is -1.84. The van der Waals surface area contributed by atoms with Gasteiger partial charge in [-0.2, -0.15) is 4.98 Å². The molecule has 6 rings (SSSR count). The summed E-state index contributed by atoms with van der Waals surface area (Å²) in [4.78, 5) is 20.9.